The van der Waals surface area contributed by atoms with Crippen LogP contribution < -0.4 is 10.2 Å². The van der Waals surface area contributed by atoms with Crippen LogP contribution >= 0.6 is 11.6 Å². The highest BCUT2D eigenvalue weighted by Gasteiger charge is 2.41. The lowest BCUT2D eigenvalue weighted by Gasteiger charge is -2.36. The lowest BCUT2D eigenvalue weighted by molar-refractivity contribution is -0.138. The number of hydrogen-bond acceptors (Lipinski definition) is 5. The van der Waals surface area contributed by atoms with Gasteiger partial charge in [-0.05, 0) is 61.6 Å². The predicted octanol–water partition coefficient (Wildman–Crippen LogP) is 5.33. The van der Waals surface area contributed by atoms with Crippen molar-refractivity contribution in [3.63, 3.8) is 0 Å². The number of Topliss-reactive ketones (excluding diaryl/α,β-unsaturated/α-hetero) is 1. The van der Waals surface area contributed by atoms with Crippen LogP contribution in [0.2, 0.25) is 5.02 Å². The summed E-state index contributed by atoms with van der Waals surface area (Å²) in [6.45, 7) is 3.95. The van der Waals surface area contributed by atoms with Crippen molar-refractivity contribution in [2.24, 2.45) is 0 Å². The molecule has 2 aromatic rings. The summed E-state index contributed by atoms with van der Waals surface area (Å²) in [5.74, 6) is -0.715. The van der Waals surface area contributed by atoms with E-state index in [0.717, 1.165) is 28.2 Å². The fourth-order valence-corrected chi connectivity index (χ4v) is 4.91. The highest BCUT2D eigenvalue weighted by Crippen LogP contribution is 2.46. The van der Waals surface area contributed by atoms with Gasteiger partial charge >= 0.3 is 5.97 Å². The van der Waals surface area contributed by atoms with Crippen LogP contribution in [0.5, 0.6) is 0 Å². The number of rotatable bonds is 5. The van der Waals surface area contributed by atoms with Gasteiger partial charge in [0.15, 0.2) is 5.78 Å². The Bertz CT molecular complexity index is 1130. The number of ether oxygens (including phenoxy) is 1. The molecular formula is C27H29ClN2O3. The van der Waals surface area contributed by atoms with E-state index in [-0.39, 0.29) is 24.3 Å². The number of hydrogen-bond donors (Lipinski definition) is 1. The second-order valence-corrected chi connectivity index (χ2v) is 9.21. The summed E-state index contributed by atoms with van der Waals surface area (Å²) in [6.07, 6.45) is 1.09. The molecule has 0 aromatic heterocycles. The Morgan fingerprint density at radius 1 is 1.06 bits per heavy atom. The monoisotopic (exact) mass is 464 g/mol. The molecule has 1 aliphatic heterocycles. The molecule has 0 radical (unpaired) electrons. The van der Waals surface area contributed by atoms with Crippen molar-refractivity contribution in [3.05, 3.63) is 87.2 Å². The summed E-state index contributed by atoms with van der Waals surface area (Å²) < 4.78 is 5.39. The second kappa shape index (κ2) is 9.44. The standard InChI is InChI=1S/C27H29ClN2O3/c1-5-33-27(32)24-16(2)29-22-14-19(17-6-10-20(28)11-7-17)15-23(31)26(22)25(24)18-8-12-21(13-9-18)30(3)4/h6-13,19,25,29H,5,14-15H2,1-4H3/t19-,25+/m1/s1. The van der Waals surface area contributed by atoms with E-state index in [2.05, 4.69) is 5.32 Å². The van der Waals surface area contributed by atoms with Gasteiger partial charge in [0.05, 0.1) is 12.2 Å². The highest BCUT2D eigenvalue weighted by atomic mass is 35.5. The molecule has 33 heavy (non-hydrogen) atoms. The number of carbonyl (C=O) groups is 2. The number of nitrogens with zero attached hydrogens (tertiary/aromatic N) is 1. The van der Waals surface area contributed by atoms with E-state index < -0.39 is 5.92 Å². The van der Waals surface area contributed by atoms with Crippen LogP contribution in [0.15, 0.2) is 71.1 Å². The largest absolute Gasteiger partial charge is 0.463 e. The second-order valence-electron chi connectivity index (χ2n) is 8.78. The molecule has 0 unspecified atom stereocenters. The van der Waals surface area contributed by atoms with Crippen LogP contribution in [0.4, 0.5) is 5.69 Å². The van der Waals surface area contributed by atoms with Gasteiger partial charge in [-0.1, -0.05) is 35.9 Å². The van der Waals surface area contributed by atoms with Crippen molar-refractivity contribution in [1.82, 2.24) is 5.32 Å². The highest BCUT2D eigenvalue weighted by molar-refractivity contribution is 6.30. The van der Waals surface area contributed by atoms with Crippen LogP contribution in [0, 0.1) is 0 Å². The van der Waals surface area contributed by atoms with Gasteiger partial charge in [0.2, 0.25) is 0 Å². The first kappa shape index (κ1) is 23.1. The van der Waals surface area contributed by atoms with E-state index in [0.29, 0.717) is 29.0 Å². The van der Waals surface area contributed by atoms with Crippen molar-refractivity contribution in [1.29, 1.82) is 0 Å². The fourth-order valence-electron chi connectivity index (χ4n) is 4.79. The molecule has 1 aliphatic carbocycles. The number of esters is 1. The van der Waals surface area contributed by atoms with Crippen molar-refractivity contribution >= 4 is 29.0 Å². The molecular weight excluding hydrogens is 436 g/mol. The van der Waals surface area contributed by atoms with E-state index in [1.807, 2.05) is 74.4 Å². The zero-order chi connectivity index (χ0) is 23.7. The van der Waals surface area contributed by atoms with Crippen LogP contribution in [0.3, 0.4) is 0 Å². The van der Waals surface area contributed by atoms with E-state index in [9.17, 15) is 9.59 Å². The van der Waals surface area contributed by atoms with Gasteiger partial charge < -0.3 is 15.0 Å². The number of anilines is 1. The molecule has 6 heteroatoms. The van der Waals surface area contributed by atoms with Crippen LogP contribution in [0.1, 0.15) is 49.7 Å². The molecule has 0 saturated carbocycles. The third kappa shape index (κ3) is 4.55. The fraction of sp³-hybridized carbons (Fsp3) is 0.333. The Morgan fingerprint density at radius 3 is 2.30 bits per heavy atom. The topological polar surface area (TPSA) is 58.6 Å². The maximum Gasteiger partial charge on any atom is 0.336 e. The van der Waals surface area contributed by atoms with Crippen LogP contribution in [-0.2, 0) is 14.3 Å². The van der Waals surface area contributed by atoms with Crippen molar-refractivity contribution in [3.8, 4) is 0 Å². The predicted molar refractivity (Wildman–Crippen MR) is 131 cm³/mol. The van der Waals surface area contributed by atoms with Gasteiger partial charge in [0.1, 0.15) is 0 Å². The average Bonchev–Trinajstić information content (AvgIpc) is 2.78. The molecule has 0 spiro atoms. The zero-order valence-corrected chi connectivity index (χ0v) is 20.2. The molecule has 5 nitrogen and oxygen atoms in total. The van der Waals surface area contributed by atoms with Gasteiger partial charge in [0.25, 0.3) is 0 Å². The number of allylic oxidation sites excluding steroid dienone is 3. The molecule has 2 aromatic carbocycles. The Hall–Kier alpha value is -3.05. The smallest absolute Gasteiger partial charge is 0.336 e. The van der Waals surface area contributed by atoms with Gasteiger partial charge in [0, 0.05) is 54.1 Å². The Labute approximate surface area is 200 Å². The number of nitrogens with one attached hydrogen (secondary N) is 1. The van der Waals surface area contributed by atoms with Gasteiger partial charge in [-0.2, -0.15) is 0 Å². The van der Waals surface area contributed by atoms with Crippen LogP contribution in [-0.4, -0.2) is 32.5 Å². The summed E-state index contributed by atoms with van der Waals surface area (Å²) in [4.78, 5) is 28.6. The lowest BCUT2D eigenvalue weighted by atomic mass is 9.71. The van der Waals surface area contributed by atoms with E-state index in [1.165, 1.54) is 0 Å². The Kier molecular flexibility index (Phi) is 6.61. The van der Waals surface area contributed by atoms with E-state index in [1.54, 1.807) is 6.92 Å². The quantitative estimate of drug-likeness (QED) is 0.606. The summed E-state index contributed by atoms with van der Waals surface area (Å²) in [5.41, 5.74) is 5.86. The number of benzene rings is 2. The molecule has 0 bridgehead atoms. The van der Waals surface area contributed by atoms with Crippen molar-refractivity contribution in [2.45, 2.75) is 38.5 Å². The Balaban J connectivity index is 1.78. The first-order chi connectivity index (χ1) is 15.8. The number of carbonyl (C=O) groups excluding carboxylic acids is 2. The molecule has 0 saturated heterocycles. The van der Waals surface area contributed by atoms with E-state index in [4.69, 9.17) is 16.3 Å². The lowest BCUT2D eigenvalue weighted by Crippen LogP contribution is -2.36. The number of dihydropyridines is 1. The van der Waals surface area contributed by atoms with Gasteiger partial charge in [-0.25, -0.2) is 4.79 Å². The average molecular weight is 465 g/mol. The van der Waals surface area contributed by atoms with Gasteiger partial charge in [-0.3, -0.25) is 4.79 Å². The minimum atomic E-state index is -0.449. The molecule has 172 valence electrons. The molecule has 4 rings (SSSR count). The molecule has 1 heterocycles. The molecule has 0 fully saturated rings. The zero-order valence-electron chi connectivity index (χ0n) is 19.4. The first-order valence-corrected chi connectivity index (χ1v) is 11.6. The maximum absolute atomic E-state index is 13.6. The van der Waals surface area contributed by atoms with Crippen LogP contribution in [0.25, 0.3) is 0 Å². The molecule has 0 amide bonds. The summed E-state index contributed by atoms with van der Waals surface area (Å²) in [5, 5.41) is 4.06. The third-order valence-electron chi connectivity index (χ3n) is 6.41. The van der Waals surface area contributed by atoms with E-state index >= 15 is 0 Å². The molecule has 1 N–H and O–H groups in total. The summed E-state index contributed by atoms with van der Waals surface area (Å²) in [6, 6.07) is 15.7. The van der Waals surface area contributed by atoms with Crippen molar-refractivity contribution in [2.75, 3.05) is 25.6 Å². The molecule has 2 atom stereocenters. The Morgan fingerprint density at radius 2 is 1.70 bits per heavy atom. The van der Waals surface area contributed by atoms with Crippen molar-refractivity contribution < 1.29 is 14.3 Å². The number of ketones is 1. The SMILES string of the molecule is CCOC(=O)C1=C(C)NC2=C(C(=O)C[C@H](c3ccc(Cl)cc3)C2)[C@H]1c1ccc(N(C)C)cc1. The maximum atomic E-state index is 13.6. The minimum Gasteiger partial charge on any atom is -0.463 e. The first-order valence-electron chi connectivity index (χ1n) is 11.2. The molecule has 2 aliphatic rings. The third-order valence-corrected chi connectivity index (χ3v) is 6.66. The van der Waals surface area contributed by atoms with Gasteiger partial charge in [-0.15, -0.1) is 0 Å². The minimum absolute atomic E-state index is 0.0553. The number of halogens is 1. The summed E-state index contributed by atoms with van der Waals surface area (Å²) in [7, 11) is 3.96. The normalized spacial score (nSPS) is 20.3. The summed E-state index contributed by atoms with van der Waals surface area (Å²) >= 11 is 6.06.